The Morgan fingerprint density at radius 1 is 1.20 bits per heavy atom. The summed E-state index contributed by atoms with van der Waals surface area (Å²) in [6, 6.07) is 14.9. The fourth-order valence-electron chi connectivity index (χ4n) is 4.05. The monoisotopic (exact) mass is 493 g/mol. The van der Waals surface area contributed by atoms with Crippen LogP contribution in [-0.4, -0.2) is 28.2 Å². The SMILES string of the molecule is O=C(NCc1ccco1)c1ccc2c(=O)n(C[C@H]3CCCO3)c(SCc3ccccc3F)nc2c1. The molecule has 0 bridgehead atoms. The van der Waals surface area contributed by atoms with Gasteiger partial charge in [-0.3, -0.25) is 14.2 Å². The van der Waals surface area contributed by atoms with Crippen LogP contribution in [0.3, 0.4) is 0 Å². The molecule has 0 unspecified atom stereocenters. The molecule has 180 valence electrons. The van der Waals surface area contributed by atoms with Gasteiger partial charge in [0.25, 0.3) is 11.5 Å². The third-order valence-corrected chi connectivity index (χ3v) is 6.94. The van der Waals surface area contributed by atoms with Crippen molar-refractivity contribution < 1.29 is 18.3 Å². The fourth-order valence-corrected chi connectivity index (χ4v) is 5.04. The van der Waals surface area contributed by atoms with Crippen LogP contribution in [0.1, 0.15) is 34.5 Å². The molecule has 0 spiro atoms. The van der Waals surface area contributed by atoms with Crippen LogP contribution in [0.4, 0.5) is 4.39 Å². The van der Waals surface area contributed by atoms with E-state index in [4.69, 9.17) is 14.1 Å². The van der Waals surface area contributed by atoms with Crippen LogP contribution < -0.4 is 10.9 Å². The molecule has 1 atom stereocenters. The standard InChI is InChI=1S/C26H24FN3O4S/c27-22-8-2-1-5-18(22)16-35-26-29-23-13-17(24(31)28-14-19-6-3-11-33-19)9-10-21(23)25(32)30(26)15-20-7-4-12-34-20/h1-3,5-6,8-11,13,20H,4,7,12,14-16H2,(H,28,31)/t20-/m1/s1. The fraction of sp³-hybridized carbons (Fsp3) is 0.269. The highest BCUT2D eigenvalue weighted by atomic mass is 32.2. The highest BCUT2D eigenvalue weighted by Crippen LogP contribution is 2.25. The largest absolute Gasteiger partial charge is 0.467 e. The number of halogens is 1. The quantitative estimate of drug-likeness (QED) is 0.287. The van der Waals surface area contributed by atoms with E-state index < -0.39 is 0 Å². The molecule has 35 heavy (non-hydrogen) atoms. The number of nitrogens with zero attached hydrogens (tertiary/aromatic N) is 2. The van der Waals surface area contributed by atoms with Crippen LogP contribution in [0.15, 0.2) is 75.2 Å². The maximum atomic E-state index is 14.2. The van der Waals surface area contributed by atoms with Crippen LogP contribution in [0.25, 0.3) is 10.9 Å². The molecule has 7 nitrogen and oxygen atoms in total. The minimum Gasteiger partial charge on any atom is -0.467 e. The van der Waals surface area contributed by atoms with E-state index in [0.29, 0.717) is 51.9 Å². The third-order valence-electron chi connectivity index (χ3n) is 5.91. The lowest BCUT2D eigenvalue weighted by Crippen LogP contribution is -2.29. The molecular formula is C26H24FN3O4S. The Balaban J connectivity index is 1.46. The Morgan fingerprint density at radius 2 is 2.09 bits per heavy atom. The van der Waals surface area contributed by atoms with Gasteiger partial charge < -0.3 is 14.5 Å². The number of carbonyl (C=O) groups excluding carboxylic acids is 1. The summed E-state index contributed by atoms with van der Waals surface area (Å²) in [6.45, 7) is 1.31. The van der Waals surface area contributed by atoms with Gasteiger partial charge in [-0.1, -0.05) is 30.0 Å². The number of amides is 1. The van der Waals surface area contributed by atoms with E-state index in [0.717, 1.165) is 12.8 Å². The number of hydrogen-bond acceptors (Lipinski definition) is 6. The molecule has 0 saturated carbocycles. The van der Waals surface area contributed by atoms with Crippen molar-refractivity contribution >= 4 is 28.6 Å². The van der Waals surface area contributed by atoms with E-state index >= 15 is 0 Å². The van der Waals surface area contributed by atoms with E-state index in [-0.39, 0.29) is 29.9 Å². The Hall–Kier alpha value is -3.43. The predicted octanol–water partition coefficient (Wildman–Crippen LogP) is 4.53. The zero-order valence-electron chi connectivity index (χ0n) is 18.9. The third kappa shape index (κ3) is 5.31. The molecule has 2 aromatic heterocycles. The molecule has 3 heterocycles. The van der Waals surface area contributed by atoms with Crippen LogP contribution in [0.5, 0.6) is 0 Å². The van der Waals surface area contributed by atoms with E-state index in [2.05, 4.69) is 5.32 Å². The zero-order chi connectivity index (χ0) is 24.2. The average Bonchev–Trinajstić information content (AvgIpc) is 3.58. The Morgan fingerprint density at radius 3 is 2.86 bits per heavy atom. The number of thioether (sulfide) groups is 1. The molecule has 4 aromatic rings. The van der Waals surface area contributed by atoms with Crippen molar-refractivity contribution in [2.24, 2.45) is 0 Å². The van der Waals surface area contributed by atoms with Crippen molar-refractivity contribution in [3.63, 3.8) is 0 Å². The summed E-state index contributed by atoms with van der Waals surface area (Å²) in [4.78, 5) is 30.8. The first-order valence-electron chi connectivity index (χ1n) is 11.4. The van der Waals surface area contributed by atoms with Crippen molar-refractivity contribution in [1.29, 1.82) is 0 Å². The van der Waals surface area contributed by atoms with Gasteiger partial charge in [-0.15, -0.1) is 0 Å². The second-order valence-corrected chi connectivity index (χ2v) is 9.26. The van der Waals surface area contributed by atoms with Crippen molar-refractivity contribution in [3.05, 3.63) is 93.9 Å². The molecular weight excluding hydrogens is 469 g/mol. The Labute approximate surface area is 205 Å². The maximum absolute atomic E-state index is 14.2. The van der Waals surface area contributed by atoms with Crippen LogP contribution in [-0.2, 0) is 23.6 Å². The summed E-state index contributed by atoms with van der Waals surface area (Å²) in [6.07, 6.45) is 3.31. The highest BCUT2D eigenvalue weighted by molar-refractivity contribution is 7.98. The van der Waals surface area contributed by atoms with Crippen molar-refractivity contribution in [3.8, 4) is 0 Å². The smallest absolute Gasteiger partial charge is 0.262 e. The number of rotatable bonds is 8. The minimum atomic E-state index is -0.302. The number of hydrogen-bond donors (Lipinski definition) is 1. The van der Waals surface area contributed by atoms with E-state index in [1.54, 1.807) is 59.4 Å². The molecule has 0 radical (unpaired) electrons. The van der Waals surface area contributed by atoms with Gasteiger partial charge in [0.1, 0.15) is 11.6 Å². The average molecular weight is 494 g/mol. The summed E-state index contributed by atoms with van der Waals surface area (Å²) in [7, 11) is 0. The summed E-state index contributed by atoms with van der Waals surface area (Å²) in [5.41, 5.74) is 1.13. The maximum Gasteiger partial charge on any atom is 0.262 e. The summed E-state index contributed by atoms with van der Waals surface area (Å²) in [5.74, 6) is 0.360. The predicted molar refractivity (Wildman–Crippen MR) is 131 cm³/mol. The van der Waals surface area contributed by atoms with Crippen LogP contribution >= 0.6 is 11.8 Å². The minimum absolute atomic E-state index is 0.0635. The second-order valence-electron chi connectivity index (χ2n) is 8.32. The van der Waals surface area contributed by atoms with E-state index in [1.165, 1.54) is 17.8 Å². The number of carbonyl (C=O) groups is 1. The summed E-state index contributed by atoms with van der Waals surface area (Å²) in [5, 5.41) is 3.69. The lowest BCUT2D eigenvalue weighted by atomic mass is 10.1. The van der Waals surface area contributed by atoms with Crippen LogP contribution in [0, 0.1) is 5.82 Å². The van der Waals surface area contributed by atoms with Gasteiger partial charge >= 0.3 is 0 Å². The van der Waals surface area contributed by atoms with Crippen molar-refractivity contribution in [2.45, 2.75) is 42.9 Å². The van der Waals surface area contributed by atoms with Gasteiger partial charge in [-0.25, -0.2) is 9.37 Å². The first-order chi connectivity index (χ1) is 17.1. The first kappa shape index (κ1) is 23.3. The molecule has 2 aromatic carbocycles. The van der Waals surface area contributed by atoms with Gasteiger partial charge in [-0.2, -0.15) is 0 Å². The number of aromatic nitrogens is 2. The van der Waals surface area contributed by atoms with Gasteiger partial charge in [0, 0.05) is 17.9 Å². The molecule has 9 heteroatoms. The van der Waals surface area contributed by atoms with Crippen molar-refractivity contribution in [2.75, 3.05) is 6.61 Å². The number of furan rings is 1. The lowest BCUT2D eigenvalue weighted by Gasteiger charge is -2.17. The molecule has 5 rings (SSSR count). The lowest BCUT2D eigenvalue weighted by molar-refractivity contribution is 0.0937. The molecule has 1 aliphatic heterocycles. The zero-order valence-corrected chi connectivity index (χ0v) is 19.7. The van der Waals surface area contributed by atoms with E-state index in [1.807, 2.05) is 0 Å². The number of benzene rings is 2. The first-order valence-corrected chi connectivity index (χ1v) is 12.4. The molecule has 1 N–H and O–H groups in total. The van der Waals surface area contributed by atoms with Gasteiger partial charge in [0.05, 0.1) is 36.4 Å². The van der Waals surface area contributed by atoms with Gasteiger partial charge in [0.15, 0.2) is 5.16 Å². The molecule has 0 aliphatic carbocycles. The Kier molecular flexibility index (Phi) is 6.96. The van der Waals surface area contributed by atoms with E-state index in [9.17, 15) is 14.0 Å². The Bertz CT molecular complexity index is 1400. The number of fused-ring (bicyclic) bond motifs is 1. The summed E-state index contributed by atoms with van der Waals surface area (Å²) >= 11 is 1.29. The normalized spacial score (nSPS) is 15.5. The number of nitrogens with one attached hydrogen (secondary N) is 1. The van der Waals surface area contributed by atoms with Crippen LogP contribution in [0.2, 0.25) is 0 Å². The molecule has 1 amide bonds. The second kappa shape index (κ2) is 10.5. The molecule has 1 aliphatic rings. The topological polar surface area (TPSA) is 86.4 Å². The highest BCUT2D eigenvalue weighted by Gasteiger charge is 2.21. The number of ether oxygens (including phenoxy) is 1. The van der Waals surface area contributed by atoms with Crippen molar-refractivity contribution in [1.82, 2.24) is 14.9 Å². The summed E-state index contributed by atoms with van der Waals surface area (Å²) < 4.78 is 26.8. The van der Waals surface area contributed by atoms with Gasteiger partial charge in [0.2, 0.25) is 0 Å². The van der Waals surface area contributed by atoms with Gasteiger partial charge in [-0.05, 0) is 54.8 Å². The molecule has 1 fully saturated rings. The molecule has 1 saturated heterocycles.